The average molecular weight is 228 g/mol. The van der Waals surface area contributed by atoms with Crippen molar-refractivity contribution in [3.63, 3.8) is 0 Å². The predicted molar refractivity (Wildman–Crippen MR) is 63.9 cm³/mol. The van der Waals surface area contributed by atoms with Gasteiger partial charge in [0.2, 0.25) is 5.91 Å². The van der Waals surface area contributed by atoms with Crippen molar-refractivity contribution in [2.75, 3.05) is 6.54 Å². The Balaban J connectivity index is 2.35. The molecule has 1 aliphatic carbocycles. The molecule has 0 aromatic rings. The molecule has 4 nitrogen and oxygen atoms in total. The highest BCUT2D eigenvalue weighted by Gasteiger charge is 2.30. The molecule has 4 N–H and O–H groups in total. The molecule has 1 rings (SSSR count). The van der Waals surface area contributed by atoms with Gasteiger partial charge in [0.15, 0.2) is 0 Å². The van der Waals surface area contributed by atoms with Gasteiger partial charge in [-0.2, -0.15) is 0 Å². The van der Waals surface area contributed by atoms with Crippen molar-refractivity contribution in [1.82, 2.24) is 5.32 Å². The van der Waals surface area contributed by atoms with Gasteiger partial charge < -0.3 is 16.2 Å². The zero-order chi connectivity index (χ0) is 12.2. The fraction of sp³-hybridized carbons (Fsp3) is 0.917. The second-order valence-electron chi connectivity index (χ2n) is 5.15. The molecule has 0 radical (unpaired) electrons. The molecule has 0 spiro atoms. The Hall–Kier alpha value is -0.610. The molecule has 1 amide bonds. The number of amides is 1. The highest BCUT2D eigenvalue weighted by molar-refractivity contribution is 5.78. The summed E-state index contributed by atoms with van der Waals surface area (Å²) in [5, 5.41) is 13.0. The standard InChI is InChI=1S/C12H24N2O2/c1-9(10(2)13)11(15)14-8-12(16)6-4-3-5-7-12/h9-10,16H,3-8,13H2,1-2H3,(H,14,15). The fourth-order valence-electron chi connectivity index (χ4n) is 2.04. The van der Waals surface area contributed by atoms with E-state index in [2.05, 4.69) is 5.32 Å². The first-order valence-electron chi connectivity index (χ1n) is 6.20. The monoisotopic (exact) mass is 228 g/mol. The minimum Gasteiger partial charge on any atom is -0.388 e. The predicted octanol–water partition coefficient (Wildman–Crippen LogP) is 0.781. The van der Waals surface area contributed by atoms with Crippen LogP contribution in [-0.2, 0) is 4.79 Å². The van der Waals surface area contributed by atoms with E-state index in [1.807, 2.05) is 13.8 Å². The van der Waals surface area contributed by atoms with Crippen LogP contribution < -0.4 is 11.1 Å². The molecule has 0 saturated heterocycles. The Morgan fingerprint density at radius 1 is 1.38 bits per heavy atom. The van der Waals surface area contributed by atoms with Crippen LogP contribution in [0.15, 0.2) is 0 Å². The van der Waals surface area contributed by atoms with Gasteiger partial charge in [-0.15, -0.1) is 0 Å². The lowest BCUT2D eigenvalue weighted by atomic mass is 9.85. The van der Waals surface area contributed by atoms with Crippen LogP contribution in [0.25, 0.3) is 0 Å². The van der Waals surface area contributed by atoms with Gasteiger partial charge in [-0.1, -0.05) is 26.2 Å². The van der Waals surface area contributed by atoms with Gasteiger partial charge in [-0.3, -0.25) is 4.79 Å². The third-order valence-electron chi connectivity index (χ3n) is 3.58. The van der Waals surface area contributed by atoms with E-state index in [4.69, 9.17) is 5.73 Å². The Morgan fingerprint density at radius 3 is 2.44 bits per heavy atom. The van der Waals surface area contributed by atoms with E-state index in [-0.39, 0.29) is 17.9 Å². The van der Waals surface area contributed by atoms with Gasteiger partial charge in [0.05, 0.1) is 5.60 Å². The van der Waals surface area contributed by atoms with Crippen LogP contribution in [0.2, 0.25) is 0 Å². The van der Waals surface area contributed by atoms with Crippen molar-refractivity contribution in [3.8, 4) is 0 Å². The van der Waals surface area contributed by atoms with Crippen LogP contribution in [0, 0.1) is 5.92 Å². The third-order valence-corrected chi connectivity index (χ3v) is 3.58. The second-order valence-corrected chi connectivity index (χ2v) is 5.15. The van der Waals surface area contributed by atoms with E-state index in [1.54, 1.807) is 0 Å². The van der Waals surface area contributed by atoms with Gasteiger partial charge in [-0.25, -0.2) is 0 Å². The van der Waals surface area contributed by atoms with Crippen molar-refractivity contribution >= 4 is 5.91 Å². The Kier molecular flexibility index (Phi) is 4.74. The average Bonchev–Trinajstić information content (AvgIpc) is 2.26. The first-order valence-corrected chi connectivity index (χ1v) is 6.20. The summed E-state index contributed by atoms with van der Waals surface area (Å²) >= 11 is 0. The van der Waals surface area contributed by atoms with Gasteiger partial charge in [-0.05, 0) is 19.8 Å². The summed E-state index contributed by atoms with van der Waals surface area (Å²) in [6.07, 6.45) is 4.87. The molecule has 0 aromatic heterocycles. The normalized spacial score (nSPS) is 23.5. The van der Waals surface area contributed by atoms with Crippen molar-refractivity contribution in [3.05, 3.63) is 0 Å². The highest BCUT2D eigenvalue weighted by atomic mass is 16.3. The molecular formula is C12H24N2O2. The number of aliphatic hydroxyl groups is 1. The third kappa shape index (κ3) is 3.76. The lowest BCUT2D eigenvalue weighted by molar-refractivity contribution is -0.126. The van der Waals surface area contributed by atoms with E-state index in [1.165, 1.54) is 6.42 Å². The maximum Gasteiger partial charge on any atom is 0.224 e. The minimum atomic E-state index is -0.689. The fourth-order valence-corrected chi connectivity index (χ4v) is 2.04. The van der Waals surface area contributed by atoms with E-state index in [0.717, 1.165) is 25.7 Å². The molecule has 2 atom stereocenters. The summed E-state index contributed by atoms with van der Waals surface area (Å²) in [6.45, 7) is 3.99. The lowest BCUT2D eigenvalue weighted by Gasteiger charge is -2.32. The summed E-state index contributed by atoms with van der Waals surface area (Å²) in [5.41, 5.74) is 4.97. The number of rotatable bonds is 4. The Bertz CT molecular complexity index is 235. The van der Waals surface area contributed by atoms with Crippen molar-refractivity contribution in [1.29, 1.82) is 0 Å². The summed E-state index contributed by atoms with van der Waals surface area (Å²) < 4.78 is 0. The Morgan fingerprint density at radius 2 is 1.94 bits per heavy atom. The van der Waals surface area contributed by atoms with Crippen LogP contribution in [-0.4, -0.2) is 29.2 Å². The first-order chi connectivity index (χ1) is 7.44. The van der Waals surface area contributed by atoms with E-state index < -0.39 is 5.60 Å². The molecule has 2 unspecified atom stereocenters. The van der Waals surface area contributed by atoms with Crippen LogP contribution >= 0.6 is 0 Å². The molecule has 0 heterocycles. The SMILES string of the molecule is CC(N)C(C)C(=O)NCC1(O)CCCCC1. The molecule has 0 bridgehead atoms. The summed E-state index contributed by atoms with van der Waals surface area (Å²) in [6, 6.07) is -0.152. The smallest absolute Gasteiger partial charge is 0.224 e. The summed E-state index contributed by atoms with van der Waals surface area (Å²) in [5.74, 6) is -0.263. The van der Waals surface area contributed by atoms with Crippen LogP contribution in [0.4, 0.5) is 0 Å². The topological polar surface area (TPSA) is 75.4 Å². The van der Waals surface area contributed by atoms with E-state index in [0.29, 0.717) is 6.54 Å². The quantitative estimate of drug-likeness (QED) is 0.665. The van der Waals surface area contributed by atoms with Crippen LogP contribution in [0.5, 0.6) is 0 Å². The summed E-state index contributed by atoms with van der Waals surface area (Å²) in [4.78, 5) is 11.7. The van der Waals surface area contributed by atoms with Crippen molar-refractivity contribution in [2.24, 2.45) is 11.7 Å². The number of hydrogen-bond acceptors (Lipinski definition) is 3. The van der Waals surface area contributed by atoms with Gasteiger partial charge >= 0.3 is 0 Å². The zero-order valence-electron chi connectivity index (χ0n) is 10.3. The molecule has 1 fully saturated rings. The maximum atomic E-state index is 11.7. The van der Waals surface area contributed by atoms with E-state index in [9.17, 15) is 9.90 Å². The van der Waals surface area contributed by atoms with Gasteiger partial charge in [0.1, 0.15) is 0 Å². The maximum absolute atomic E-state index is 11.7. The zero-order valence-corrected chi connectivity index (χ0v) is 10.3. The molecule has 4 heteroatoms. The molecular weight excluding hydrogens is 204 g/mol. The van der Waals surface area contributed by atoms with Gasteiger partial charge in [0, 0.05) is 18.5 Å². The molecule has 16 heavy (non-hydrogen) atoms. The summed E-state index contributed by atoms with van der Waals surface area (Å²) in [7, 11) is 0. The molecule has 1 aliphatic rings. The largest absolute Gasteiger partial charge is 0.388 e. The first kappa shape index (κ1) is 13.5. The number of hydrogen-bond donors (Lipinski definition) is 3. The second kappa shape index (κ2) is 5.64. The molecule has 1 saturated carbocycles. The minimum absolute atomic E-state index is 0.0611. The molecule has 0 aliphatic heterocycles. The lowest BCUT2D eigenvalue weighted by Crippen LogP contribution is -2.47. The van der Waals surface area contributed by atoms with Crippen LogP contribution in [0.3, 0.4) is 0 Å². The number of nitrogens with one attached hydrogen (secondary N) is 1. The molecule has 94 valence electrons. The van der Waals surface area contributed by atoms with Crippen LogP contribution in [0.1, 0.15) is 46.0 Å². The number of carbonyl (C=O) groups is 1. The van der Waals surface area contributed by atoms with Crippen molar-refractivity contribution < 1.29 is 9.90 Å². The van der Waals surface area contributed by atoms with E-state index >= 15 is 0 Å². The number of carbonyl (C=O) groups excluding carboxylic acids is 1. The van der Waals surface area contributed by atoms with Crippen molar-refractivity contribution in [2.45, 2.75) is 57.6 Å². The molecule has 0 aromatic carbocycles. The Labute approximate surface area is 97.6 Å². The number of nitrogens with two attached hydrogens (primary N) is 1. The van der Waals surface area contributed by atoms with Gasteiger partial charge in [0.25, 0.3) is 0 Å². The highest BCUT2D eigenvalue weighted by Crippen LogP contribution is 2.27.